The number of hydrogen-bond donors (Lipinski definition) is 3. The van der Waals surface area contributed by atoms with Gasteiger partial charge in [-0.05, 0) is 34.1 Å². The molecule has 0 atom stereocenters. The minimum absolute atomic E-state index is 0.0686. The van der Waals surface area contributed by atoms with E-state index in [9.17, 15) is 0 Å². The van der Waals surface area contributed by atoms with Gasteiger partial charge in [0.2, 0.25) is 0 Å². The van der Waals surface area contributed by atoms with Gasteiger partial charge in [-0.25, -0.2) is 0 Å². The van der Waals surface area contributed by atoms with Crippen LogP contribution in [0.15, 0.2) is 22.7 Å². The summed E-state index contributed by atoms with van der Waals surface area (Å²) in [6.45, 7) is 1.40. The second-order valence-electron chi connectivity index (χ2n) is 3.03. The van der Waals surface area contributed by atoms with Gasteiger partial charge in [0.05, 0.1) is 6.61 Å². The fourth-order valence-corrected chi connectivity index (χ4v) is 1.63. The van der Waals surface area contributed by atoms with Crippen molar-refractivity contribution in [1.29, 1.82) is 5.41 Å². The summed E-state index contributed by atoms with van der Waals surface area (Å²) < 4.78 is 5.83. The Morgan fingerprint density at radius 3 is 2.87 bits per heavy atom. The molecular formula is C10H14BrN3O. The van der Waals surface area contributed by atoms with Crippen molar-refractivity contribution < 1.29 is 4.74 Å². The molecule has 4 N–H and O–H groups in total. The van der Waals surface area contributed by atoms with Crippen molar-refractivity contribution in [2.24, 2.45) is 5.73 Å². The van der Waals surface area contributed by atoms with E-state index in [0.29, 0.717) is 12.2 Å². The summed E-state index contributed by atoms with van der Waals surface area (Å²) in [7, 11) is 1.66. The molecule has 4 nitrogen and oxygen atoms in total. The van der Waals surface area contributed by atoms with Gasteiger partial charge in [-0.2, -0.15) is 0 Å². The van der Waals surface area contributed by atoms with E-state index in [-0.39, 0.29) is 5.84 Å². The van der Waals surface area contributed by atoms with E-state index >= 15 is 0 Å². The summed E-state index contributed by atoms with van der Waals surface area (Å²) in [6.07, 6.45) is 0. The van der Waals surface area contributed by atoms with E-state index in [0.717, 1.165) is 16.7 Å². The van der Waals surface area contributed by atoms with Crippen molar-refractivity contribution in [3.8, 4) is 0 Å². The Kier molecular flexibility index (Phi) is 4.58. The first-order chi connectivity index (χ1) is 7.15. The van der Waals surface area contributed by atoms with Gasteiger partial charge >= 0.3 is 0 Å². The van der Waals surface area contributed by atoms with Gasteiger partial charge in [0, 0.05) is 29.4 Å². The third kappa shape index (κ3) is 3.53. The molecule has 0 bridgehead atoms. The largest absolute Gasteiger partial charge is 0.384 e. The summed E-state index contributed by atoms with van der Waals surface area (Å²) in [5.74, 6) is 0.0686. The summed E-state index contributed by atoms with van der Waals surface area (Å²) in [5.41, 5.74) is 7.05. The van der Waals surface area contributed by atoms with Gasteiger partial charge in [-0.15, -0.1) is 0 Å². The third-order valence-electron chi connectivity index (χ3n) is 1.90. The van der Waals surface area contributed by atoms with E-state index in [2.05, 4.69) is 21.2 Å². The summed E-state index contributed by atoms with van der Waals surface area (Å²) in [4.78, 5) is 0. The van der Waals surface area contributed by atoms with Crippen LogP contribution in [0.5, 0.6) is 0 Å². The van der Waals surface area contributed by atoms with Gasteiger partial charge in [0.15, 0.2) is 0 Å². The molecular weight excluding hydrogens is 258 g/mol. The number of nitrogens with two attached hydrogens (primary N) is 1. The van der Waals surface area contributed by atoms with E-state index < -0.39 is 0 Å². The topological polar surface area (TPSA) is 71.1 Å². The molecule has 1 aromatic carbocycles. The molecule has 15 heavy (non-hydrogen) atoms. The predicted molar refractivity (Wildman–Crippen MR) is 65.5 cm³/mol. The van der Waals surface area contributed by atoms with E-state index in [1.165, 1.54) is 0 Å². The number of halogens is 1. The minimum Gasteiger partial charge on any atom is -0.384 e. The van der Waals surface area contributed by atoms with Gasteiger partial charge in [-0.3, -0.25) is 5.41 Å². The van der Waals surface area contributed by atoms with Crippen molar-refractivity contribution in [2.75, 3.05) is 25.6 Å². The maximum Gasteiger partial charge on any atom is 0.122 e. The fraction of sp³-hybridized carbons (Fsp3) is 0.300. The first kappa shape index (κ1) is 12.0. The molecule has 0 radical (unpaired) electrons. The van der Waals surface area contributed by atoms with Crippen molar-refractivity contribution in [1.82, 2.24) is 0 Å². The van der Waals surface area contributed by atoms with Crippen LogP contribution in [0.3, 0.4) is 0 Å². The second-order valence-corrected chi connectivity index (χ2v) is 3.88. The van der Waals surface area contributed by atoms with Crippen molar-refractivity contribution in [3.05, 3.63) is 28.2 Å². The van der Waals surface area contributed by atoms with Crippen LogP contribution in [0.4, 0.5) is 5.69 Å². The SMILES string of the molecule is COCCNc1ccc(C(=N)N)cc1Br. The molecule has 0 aliphatic rings. The first-order valence-electron chi connectivity index (χ1n) is 4.52. The molecule has 82 valence electrons. The summed E-state index contributed by atoms with van der Waals surface area (Å²) in [6, 6.07) is 5.51. The number of anilines is 1. The zero-order valence-corrected chi connectivity index (χ0v) is 10.1. The normalized spacial score (nSPS) is 10.0. The maximum absolute atomic E-state index is 7.29. The van der Waals surface area contributed by atoms with E-state index in [4.69, 9.17) is 15.9 Å². The Bertz CT molecular complexity index is 355. The van der Waals surface area contributed by atoms with Crippen molar-refractivity contribution >= 4 is 27.5 Å². The lowest BCUT2D eigenvalue weighted by molar-refractivity contribution is 0.211. The summed E-state index contributed by atoms with van der Waals surface area (Å²) in [5, 5.41) is 10.5. The fourth-order valence-electron chi connectivity index (χ4n) is 1.11. The highest BCUT2D eigenvalue weighted by atomic mass is 79.9. The van der Waals surface area contributed by atoms with Crippen LogP contribution in [0.25, 0.3) is 0 Å². The second kappa shape index (κ2) is 5.72. The maximum atomic E-state index is 7.29. The molecule has 0 spiro atoms. The smallest absolute Gasteiger partial charge is 0.122 e. The highest BCUT2D eigenvalue weighted by molar-refractivity contribution is 9.10. The van der Waals surface area contributed by atoms with Crippen LogP contribution in [-0.4, -0.2) is 26.1 Å². The third-order valence-corrected chi connectivity index (χ3v) is 2.56. The van der Waals surface area contributed by atoms with Gasteiger partial charge in [0.1, 0.15) is 5.84 Å². The van der Waals surface area contributed by atoms with Crippen LogP contribution in [-0.2, 0) is 4.74 Å². The highest BCUT2D eigenvalue weighted by Gasteiger charge is 2.02. The molecule has 0 unspecified atom stereocenters. The lowest BCUT2D eigenvalue weighted by Gasteiger charge is -2.09. The molecule has 0 saturated carbocycles. The van der Waals surface area contributed by atoms with Crippen LogP contribution in [0, 0.1) is 5.41 Å². The number of nitrogens with one attached hydrogen (secondary N) is 2. The van der Waals surface area contributed by atoms with Crippen molar-refractivity contribution in [3.63, 3.8) is 0 Å². The van der Waals surface area contributed by atoms with Crippen molar-refractivity contribution in [2.45, 2.75) is 0 Å². The number of benzene rings is 1. The Morgan fingerprint density at radius 1 is 1.60 bits per heavy atom. The zero-order valence-electron chi connectivity index (χ0n) is 8.51. The average molecular weight is 272 g/mol. The molecule has 0 aliphatic heterocycles. The van der Waals surface area contributed by atoms with E-state index in [1.54, 1.807) is 7.11 Å². The van der Waals surface area contributed by atoms with Gasteiger partial charge < -0.3 is 15.8 Å². The summed E-state index contributed by atoms with van der Waals surface area (Å²) >= 11 is 3.41. The molecule has 5 heteroatoms. The number of amidine groups is 1. The Balaban J connectivity index is 2.70. The molecule has 0 aliphatic carbocycles. The standard InChI is InChI=1S/C10H14BrN3O/c1-15-5-4-14-9-3-2-7(10(12)13)6-8(9)11/h2-3,6,14H,4-5H2,1H3,(H3,12,13). The molecule has 0 aromatic heterocycles. The van der Waals surface area contributed by atoms with Gasteiger partial charge in [-0.1, -0.05) is 0 Å². The Morgan fingerprint density at radius 2 is 2.33 bits per heavy atom. The Hall–Kier alpha value is -1.07. The molecule has 1 rings (SSSR count). The van der Waals surface area contributed by atoms with Crippen LogP contribution in [0.1, 0.15) is 5.56 Å². The molecule has 0 fully saturated rings. The monoisotopic (exact) mass is 271 g/mol. The first-order valence-corrected chi connectivity index (χ1v) is 5.31. The number of ether oxygens (including phenoxy) is 1. The van der Waals surface area contributed by atoms with Gasteiger partial charge in [0.25, 0.3) is 0 Å². The Labute approximate surface area is 97.4 Å². The number of nitrogen functional groups attached to an aromatic ring is 1. The van der Waals surface area contributed by atoms with Crippen LogP contribution >= 0.6 is 15.9 Å². The zero-order chi connectivity index (χ0) is 11.3. The average Bonchev–Trinajstić information content (AvgIpc) is 2.20. The lowest BCUT2D eigenvalue weighted by atomic mass is 10.2. The van der Waals surface area contributed by atoms with E-state index in [1.807, 2.05) is 18.2 Å². The highest BCUT2D eigenvalue weighted by Crippen LogP contribution is 2.23. The van der Waals surface area contributed by atoms with Crippen LogP contribution < -0.4 is 11.1 Å². The minimum atomic E-state index is 0.0686. The number of methoxy groups -OCH3 is 1. The molecule has 0 heterocycles. The number of rotatable bonds is 5. The lowest BCUT2D eigenvalue weighted by Crippen LogP contribution is -2.12. The quantitative estimate of drug-likeness (QED) is 0.435. The molecule has 0 saturated heterocycles. The predicted octanol–water partition coefficient (Wildman–Crippen LogP) is 1.79. The molecule has 0 amide bonds. The molecule has 1 aromatic rings. The van der Waals surface area contributed by atoms with Crippen LogP contribution in [0.2, 0.25) is 0 Å². The number of hydrogen-bond acceptors (Lipinski definition) is 3.